The van der Waals surface area contributed by atoms with Crippen LogP contribution in [0.4, 0.5) is 0 Å². The fraction of sp³-hybridized carbons (Fsp3) is 0.778. The van der Waals surface area contributed by atoms with Crippen molar-refractivity contribution in [3.8, 4) is 0 Å². The van der Waals surface area contributed by atoms with Crippen LogP contribution in [0.3, 0.4) is 0 Å². The van der Waals surface area contributed by atoms with Crippen molar-refractivity contribution >= 4 is 5.96 Å². The van der Waals surface area contributed by atoms with E-state index in [1.807, 2.05) is 6.20 Å². The van der Waals surface area contributed by atoms with Crippen molar-refractivity contribution in [2.45, 2.75) is 66.2 Å². The Hall–Kier alpha value is -1.52. The third kappa shape index (κ3) is 8.05. The summed E-state index contributed by atoms with van der Waals surface area (Å²) in [4.78, 5) is 4.77. The lowest BCUT2D eigenvalue weighted by Crippen LogP contribution is -2.38. The van der Waals surface area contributed by atoms with Crippen LogP contribution in [-0.4, -0.2) is 35.8 Å². The van der Waals surface area contributed by atoms with Crippen LogP contribution in [-0.2, 0) is 6.42 Å². The molecule has 132 valence electrons. The smallest absolute Gasteiger partial charge is 0.191 e. The van der Waals surface area contributed by atoms with Gasteiger partial charge in [0.15, 0.2) is 5.96 Å². The van der Waals surface area contributed by atoms with Crippen molar-refractivity contribution < 1.29 is 0 Å². The molecule has 0 saturated heterocycles. The summed E-state index contributed by atoms with van der Waals surface area (Å²) >= 11 is 0. The van der Waals surface area contributed by atoms with Gasteiger partial charge in [-0.3, -0.25) is 10.1 Å². The lowest BCUT2D eigenvalue weighted by molar-refractivity contribution is 0.461. The summed E-state index contributed by atoms with van der Waals surface area (Å²) in [6.07, 6.45) is 9.13. The van der Waals surface area contributed by atoms with E-state index in [2.05, 4.69) is 48.5 Å². The molecule has 5 heteroatoms. The predicted molar refractivity (Wildman–Crippen MR) is 98.9 cm³/mol. The summed E-state index contributed by atoms with van der Waals surface area (Å²) < 4.78 is 0. The van der Waals surface area contributed by atoms with Crippen molar-refractivity contribution in [1.29, 1.82) is 0 Å². The van der Waals surface area contributed by atoms with Crippen LogP contribution in [0.5, 0.6) is 0 Å². The van der Waals surface area contributed by atoms with Crippen LogP contribution >= 0.6 is 0 Å². The number of nitrogens with zero attached hydrogens (tertiary/aromatic N) is 2. The van der Waals surface area contributed by atoms with Crippen LogP contribution in [0.25, 0.3) is 0 Å². The van der Waals surface area contributed by atoms with Crippen molar-refractivity contribution in [2.24, 2.45) is 10.9 Å². The Balaban J connectivity index is 2.34. The number of nitrogens with one attached hydrogen (secondary N) is 3. The van der Waals surface area contributed by atoms with E-state index in [0.717, 1.165) is 38.4 Å². The zero-order chi connectivity index (χ0) is 16.9. The van der Waals surface area contributed by atoms with Crippen LogP contribution < -0.4 is 10.6 Å². The van der Waals surface area contributed by atoms with Crippen molar-refractivity contribution in [3.63, 3.8) is 0 Å². The van der Waals surface area contributed by atoms with E-state index in [4.69, 9.17) is 4.99 Å². The molecule has 1 unspecified atom stereocenters. The maximum atomic E-state index is 4.77. The minimum absolute atomic E-state index is 0.707. The third-order valence-corrected chi connectivity index (χ3v) is 4.24. The molecule has 0 aliphatic heterocycles. The van der Waals surface area contributed by atoms with Gasteiger partial charge in [-0.25, -0.2) is 0 Å². The number of aromatic nitrogens is 2. The summed E-state index contributed by atoms with van der Waals surface area (Å²) in [5.41, 5.74) is 2.48. The second-order valence-corrected chi connectivity index (χ2v) is 6.19. The Labute approximate surface area is 141 Å². The van der Waals surface area contributed by atoms with Gasteiger partial charge in [0, 0.05) is 25.3 Å². The van der Waals surface area contributed by atoms with Crippen molar-refractivity contribution in [2.75, 3.05) is 19.6 Å². The van der Waals surface area contributed by atoms with Gasteiger partial charge in [-0.1, -0.05) is 33.1 Å². The van der Waals surface area contributed by atoms with Crippen LogP contribution in [0.1, 0.15) is 64.1 Å². The molecular formula is C18H35N5. The minimum Gasteiger partial charge on any atom is -0.357 e. The maximum Gasteiger partial charge on any atom is 0.191 e. The Morgan fingerprint density at radius 1 is 1.26 bits per heavy atom. The molecule has 0 bridgehead atoms. The first-order chi connectivity index (χ1) is 11.2. The lowest BCUT2D eigenvalue weighted by Gasteiger charge is -2.15. The number of aromatic amines is 1. The van der Waals surface area contributed by atoms with Gasteiger partial charge in [-0.15, -0.1) is 0 Å². The zero-order valence-electron chi connectivity index (χ0n) is 15.4. The molecule has 23 heavy (non-hydrogen) atoms. The van der Waals surface area contributed by atoms with Gasteiger partial charge in [0.25, 0.3) is 0 Å². The number of hydrogen-bond acceptors (Lipinski definition) is 2. The van der Waals surface area contributed by atoms with E-state index in [-0.39, 0.29) is 0 Å². The van der Waals surface area contributed by atoms with E-state index in [0.29, 0.717) is 5.92 Å². The Morgan fingerprint density at radius 2 is 2.09 bits per heavy atom. The highest BCUT2D eigenvalue weighted by Gasteiger charge is 2.06. The Bertz CT molecular complexity index is 438. The summed E-state index contributed by atoms with van der Waals surface area (Å²) in [5, 5.41) is 13.8. The molecule has 0 saturated carbocycles. The highest BCUT2D eigenvalue weighted by molar-refractivity contribution is 5.79. The topological polar surface area (TPSA) is 65.1 Å². The normalized spacial score (nSPS) is 13.1. The van der Waals surface area contributed by atoms with Crippen LogP contribution in [0, 0.1) is 12.8 Å². The van der Waals surface area contributed by atoms with E-state index in [1.165, 1.54) is 36.9 Å². The number of aliphatic imine (C=N–C) groups is 1. The lowest BCUT2D eigenvalue weighted by atomic mass is 10.00. The summed E-state index contributed by atoms with van der Waals surface area (Å²) in [5.74, 6) is 1.66. The average molecular weight is 322 g/mol. The highest BCUT2D eigenvalue weighted by Crippen LogP contribution is 2.12. The zero-order valence-corrected chi connectivity index (χ0v) is 15.4. The van der Waals surface area contributed by atoms with E-state index < -0.39 is 0 Å². The molecule has 0 spiro atoms. The fourth-order valence-electron chi connectivity index (χ4n) is 2.59. The second-order valence-electron chi connectivity index (χ2n) is 6.19. The molecule has 1 aromatic heterocycles. The predicted octanol–water partition coefficient (Wildman–Crippen LogP) is 3.42. The summed E-state index contributed by atoms with van der Waals surface area (Å²) in [6, 6.07) is 0. The quantitative estimate of drug-likeness (QED) is 0.332. The van der Waals surface area contributed by atoms with Gasteiger partial charge in [0.05, 0.1) is 6.20 Å². The molecule has 0 aliphatic rings. The highest BCUT2D eigenvalue weighted by atomic mass is 15.2. The number of guanidine groups is 1. The van der Waals surface area contributed by atoms with E-state index in [9.17, 15) is 0 Å². The van der Waals surface area contributed by atoms with Gasteiger partial charge in [0.2, 0.25) is 0 Å². The molecule has 1 rings (SSSR count). The summed E-state index contributed by atoms with van der Waals surface area (Å²) in [6.45, 7) is 11.5. The van der Waals surface area contributed by atoms with Gasteiger partial charge in [0.1, 0.15) is 0 Å². The molecular weight excluding hydrogens is 286 g/mol. The molecule has 5 nitrogen and oxygen atoms in total. The molecule has 1 atom stereocenters. The SMILES string of the molecule is CCCCC(CC)CN=C(NCC)NCCCc1cn[nH]c1C. The third-order valence-electron chi connectivity index (χ3n) is 4.24. The average Bonchev–Trinajstić information content (AvgIpc) is 2.96. The number of hydrogen-bond donors (Lipinski definition) is 3. The molecule has 1 heterocycles. The molecule has 0 aliphatic carbocycles. The molecule has 0 fully saturated rings. The Kier molecular flexibility index (Phi) is 10.2. The van der Waals surface area contributed by atoms with Crippen LogP contribution in [0.15, 0.2) is 11.2 Å². The van der Waals surface area contributed by atoms with Gasteiger partial charge < -0.3 is 10.6 Å². The monoisotopic (exact) mass is 321 g/mol. The number of unbranched alkanes of at least 4 members (excludes halogenated alkanes) is 1. The Morgan fingerprint density at radius 3 is 2.70 bits per heavy atom. The second kappa shape index (κ2) is 12.0. The van der Waals surface area contributed by atoms with E-state index >= 15 is 0 Å². The first kappa shape index (κ1) is 19.5. The fourth-order valence-corrected chi connectivity index (χ4v) is 2.59. The summed E-state index contributed by atoms with van der Waals surface area (Å²) in [7, 11) is 0. The molecule has 1 aromatic rings. The van der Waals surface area contributed by atoms with Crippen molar-refractivity contribution in [3.05, 3.63) is 17.5 Å². The van der Waals surface area contributed by atoms with Gasteiger partial charge in [-0.05, 0) is 44.6 Å². The first-order valence-electron chi connectivity index (χ1n) is 9.22. The molecule has 0 aromatic carbocycles. The molecule has 3 N–H and O–H groups in total. The van der Waals surface area contributed by atoms with E-state index in [1.54, 1.807) is 0 Å². The van der Waals surface area contributed by atoms with Crippen molar-refractivity contribution in [1.82, 2.24) is 20.8 Å². The van der Waals surface area contributed by atoms with Gasteiger partial charge in [-0.2, -0.15) is 5.10 Å². The minimum atomic E-state index is 0.707. The molecule has 0 radical (unpaired) electrons. The number of aryl methyl sites for hydroxylation is 2. The maximum absolute atomic E-state index is 4.77. The number of rotatable bonds is 11. The number of H-pyrrole nitrogens is 1. The largest absolute Gasteiger partial charge is 0.357 e. The molecule has 0 amide bonds. The first-order valence-corrected chi connectivity index (χ1v) is 9.22. The van der Waals surface area contributed by atoms with Gasteiger partial charge >= 0.3 is 0 Å². The van der Waals surface area contributed by atoms with Crippen LogP contribution in [0.2, 0.25) is 0 Å². The standard InChI is InChI=1S/C18H35N5/c1-5-8-10-16(6-2)13-21-18(19-7-3)20-12-9-11-17-14-22-23-15(17)4/h14,16H,5-13H2,1-4H3,(H,22,23)(H2,19,20,21).